The molecule has 0 spiro atoms. The molecule has 0 fully saturated rings. The van der Waals surface area contributed by atoms with Crippen molar-refractivity contribution in [3.05, 3.63) is 53.3 Å². The van der Waals surface area contributed by atoms with Gasteiger partial charge in [-0.2, -0.15) is 5.10 Å². The van der Waals surface area contributed by atoms with Crippen molar-refractivity contribution in [2.75, 3.05) is 72.6 Å². The quantitative estimate of drug-likeness (QED) is 0.237. The topological polar surface area (TPSA) is 93.1 Å². The van der Waals surface area contributed by atoms with Crippen molar-refractivity contribution in [1.82, 2.24) is 15.1 Å². The summed E-state index contributed by atoms with van der Waals surface area (Å²) >= 11 is 0. The van der Waals surface area contributed by atoms with Gasteiger partial charge in [0.2, 0.25) is 0 Å². The maximum absolute atomic E-state index is 12.4. The van der Waals surface area contributed by atoms with Crippen LogP contribution in [0.2, 0.25) is 0 Å². The van der Waals surface area contributed by atoms with Crippen molar-refractivity contribution in [1.29, 1.82) is 0 Å². The third-order valence-electron chi connectivity index (χ3n) is 5.78. The van der Waals surface area contributed by atoms with E-state index in [4.69, 9.17) is 23.7 Å². The van der Waals surface area contributed by atoms with Crippen molar-refractivity contribution in [3.63, 3.8) is 0 Å². The van der Waals surface area contributed by atoms with E-state index in [-0.39, 0.29) is 11.9 Å². The Morgan fingerprint density at radius 3 is 1.89 bits per heavy atom. The minimum Gasteiger partial charge on any atom is -0.379 e. The Morgan fingerprint density at radius 1 is 0.838 bits per heavy atom. The van der Waals surface area contributed by atoms with Gasteiger partial charge in [-0.1, -0.05) is 32.4 Å². The number of hydrogen-bond acceptors (Lipinski definition) is 7. The van der Waals surface area contributed by atoms with Crippen molar-refractivity contribution in [2.24, 2.45) is 0 Å². The number of benzene rings is 1. The van der Waals surface area contributed by atoms with Crippen molar-refractivity contribution in [2.45, 2.75) is 46.1 Å². The molecule has 0 aliphatic heterocycles. The molecule has 208 valence electrons. The molecule has 9 nitrogen and oxygen atoms in total. The molecule has 1 heterocycles. The lowest BCUT2D eigenvalue weighted by Crippen LogP contribution is -2.27. The van der Waals surface area contributed by atoms with E-state index in [0.717, 1.165) is 31.4 Å². The van der Waals surface area contributed by atoms with E-state index < -0.39 is 0 Å². The number of amides is 1. The molecule has 0 aliphatic carbocycles. The largest absolute Gasteiger partial charge is 0.379 e. The van der Waals surface area contributed by atoms with E-state index >= 15 is 0 Å². The molecule has 2 aromatic rings. The first kappa shape index (κ1) is 30.9. The molecular formula is C28H45N3O6. The summed E-state index contributed by atoms with van der Waals surface area (Å²) in [5, 5.41) is 7.31. The summed E-state index contributed by atoms with van der Waals surface area (Å²) in [6, 6.07) is 7.75. The van der Waals surface area contributed by atoms with Crippen LogP contribution in [0.1, 0.15) is 61.1 Å². The first-order chi connectivity index (χ1) is 18.2. The van der Waals surface area contributed by atoms with Crippen LogP contribution < -0.4 is 5.32 Å². The van der Waals surface area contributed by atoms with Crippen molar-refractivity contribution < 1.29 is 28.5 Å². The van der Waals surface area contributed by atoms with Gasteiger partial charge in [-0.15, -0.1) is 0 Å². The lowest BCUT2D eigenvalue weighted by Gasteiger charge is -2.13. The smallest absolute Gasteiger partial charge is 0.251 e. The van der Waals surface area contributed by atoms with Crippen LogP contribution in [0.4, 0.5) is 0 Å². The van der Waals surface area contributed by atoms with Gasteiger partial charge in [0.05, 0.1) is 71.7 Å². The Labute approximate surface area is 221 Å². The fraction of sp³-hybridized carbons (Fsp3) is 0.643. The summed E-state index contributed by atoms with van der Waals surface area (Å²) in [5.74, 6) is -0.114. The highest BCUT2D eigenvalue weighted by Crippen LogP contribution is 2.18. The van der Waals surface area contributed by atoms with Crippen molar-refractivity contribution >= 4 is 5.91 Å². The maximum Gasteiger partial charge on any atom is 0.251 e. The summed E-state index contributed by atoms with van der Waals surface area (Å²) in [7, 11) is 0. The van der Waals surface area contributed by atoms with Crippen LogP contribution in [0.3, 0.4) is 0 Å². The Hall–Kier alpha value is -2.30. The molecule has 1 atom stereocenters. The normalized spacial score (nSPS) is 12.1. The van der Waals surface area contributed by atoms with Crippen LogP contribution in [0.15, 0.2) is 36.7 Å². The first-order valence-electron chi connectivity index (χ1n) is 13.5. The molecule has 1 aromatic carbocycles. The lowest BCUT2D eigenvalue weighted by molar-refractivity contribution is -0.0109. The number of aromatic nitrogens is 2. The summed E-state index contributed by atoms with van der Waals surface area (Å²) in [5.41, 5.74) is 2.94. The molecule has 37 heavy (non-hydrogen) atoms. The van der Waals surface area contributed by atoms with Crippen LogP contribution >= 0.6 is 0 Å². The van der Waals surface area contributed by atoms with E-state index in [9.17, 15) is 4.79 Å². The molecule has 0 saturated heterocycles. The van der Waals surface area contributed by atoms with Crippen LogP contribution in [0.5, 0.6) is 0 Å². The first-order valence-corrected chi connectivity index (χ1v) is 13.5. The van der Waals surface area contributed by atoms with Gasteiger partial charge in [0.25, 0.3) is 5.91 Å². The zero-order valence-corrected chi connectivity index (χ0v) is 22.8. The number of carbonyl (C=O) groups is 1. The summed E-state index contributed by atoms with van der Waals surface area (Å²) in [6.07, 6.45) is 7.16. The number of hydrogen-bond donors (Lipinski definition) is 1. The minimum absolute atomic E-state index is 0.110. The van der Waals surface area contributed by atoms with E-state index in [0.29, 0.717) is 71.6 Å². The van der Waals surface area contributed by atoms with Gasteiger partial charge in [0.15, 0.2) is 0 Å². The van der Waals surface area contributed by atoms with Crippen LogP contribution in [0.25, 0.3) is 0 Å². The summed E-state index contributed by atoms with van der Waals surface area (Å²) in [4.78, 5) is 12.4. The number of nitrogens with zero attached hydrogens (tertiary/aromatic N) is 2. The fourth-order valence-corrected chi connectivity index (χ4v) is 3.40. The predicted octanol–water partition coefficient (Wildman–Crippen LogP) is 3.67. The van der Waals surface area contributed by atoms with Crippen molar-refractivity contribution in [3.8, 4) is 0 Å². The lowest BCUT2D eigenvalue weighted by atomic mass is 10.1. The zero-order chi connectivity index (χ0) is 26.6. The third-order valence-corrected chi connectivity index (χ3v) is 5.78. The molecule has 0 bridgehead atoms. The number of nitrogens with one attached hydrogen (secondary N) is 1. The highest BCUT2D eigenvalue weighted by atomic mass is 16.6. The molecule has 2 rings (SSSR count). The average molecular weight is 520 g/mol. The Kier molecular flexibility index (Phi) is 16.5. The number of unbranched alkanes of at least 4 members (excludes halogenated alkanes) is 1. The minimum atomic E-state index is -0.114. The van der Waals surface area contributed by atoms with Gasteiger partial charge < -0.3 is 29.0 Å². The number of aryl methyl sites for hydroxylation is 1. The second kappa shape index (κ2) is 19.8. The monoisotopic (exact) mass is 519 g/mol. The van der Waals surface area contributed by atoms with Crippen LogP contribution in [-0.2, 0) is 30.1 Å². The molecule has 0 saturated carbocycles. The molecular weight excluding hydrogens is 474 g/mol. The number of rotatable bonds is 22. The van der Waals surface area contributed by atoms with E-state index in [1.807, 2.05) is 35.1 Å². The maximum atomic E-state index is 12.4. The number of carbonyl (C=O) groups excluding carboxylic acids is 1. The van der Waals surface area contributed by atoms with Gasteiger partial charge in [0.1, 0.15) is 0 Å². The molecule has 0 aliphatic rings. The van der Waals surface area contributed by atoms with Crippen LogP contribution in [-0.4, -0.2) is 88.3 Å². The van der Waals surface area contributed by atoms with E-state index in [1.54, 1.807) is 0 Å². The number of ether oxygens (including phenoxy) is 5. The zero-order valence-electron chi connectivity index (χ0n) is 22.8. The fourth-order valence-electron chi connectivity index (χ4n) is 3.40. The molecule has 0 radical (unpaired) electrons. The molecule has 1 amide bonds. The SMILES string of the molecule is CCCCOCCOCCOCCOCCOCCNC(=O)c1ccc(C(C)n2cc(CC)cn2)cc1. The van der Waals surface area contributed by atoms with E-state index in [1.165, 1.54) is 5.56 Å². The molecule has 1 unspecified atom stereocenters. The molecule has 1 N–H and O–H groups in total. The Morgan fingerprint density at radius 2 is 1.38 bits per heavy atom. The van der Waals surface area contributed by atoms with Gasteiger partial charge >= 0.3 is 0 Å². The average Bonchev–Trinajstić information content (AvgIpc) is 3.41. The Balaban J connectivity index is 1.42. The second-order valence-corrected chi connectivity index (χ2v) is 8.65. The van der Waals surface area contributed by atoms with Gasteiger partial charge in [-0.05, 0) is 43.0 Å². The second-order valence-electron chi connectivity index (χ2n) is 8.65. The highest BCUT2D eigenvalue weighted by molar-refractivity contribution is 5.94. The van der Waals surface area contributed by atoms with Gasteiger partial charge in [-0.3, -0.25) is 9.48 Å². The molecule has 1 aromatic heterocycles. The van der Waals surface area contributed by atoms with Gasteiger partial charge in [-0.25, -0.2) is 0 Å². The highest BCUT2D eigenvalue weighted by Gasteiger charge is 2.11. The third kappa shape index (κ3) is 13.2. The van der Waals surface area contributed by atoms with Crippen LogP contribution in [0, 0.1) is 0 Å². The van der Waals surface area contributed by atoms with Gasteiger partial charge in [0, 0.05) is 24.9 Å². The summed E-state index contributed by atoms with van der Waals surface area (Å²) < 4.78 is 29.3. The Bertz CT molecular complexity index is 843. The molecule has 9 heteroatoms. The van der Waals surface area contributed by atoms with E-state index in [2.05, 4.69) is 37.4 Å². The standard InChI is InChI=1S/C28H45N3O6/c1-4-6-12-33-14-16-35-18-20-37-21-19-36-17-15-34-13-11-29-28(32)27-9-7-26(8-10-27)24(3)31-23-25(5-2)22-30-31/h7-10,22-24H,4-6,11-21H2,1-3H3,(H,29,32). The predicted molar refractivity (Wildman–Crippen MR) is 143 cm³/mol. The summed E-state index contributed by atoms with van der Waals surface area (Å²) in [6.45, 7) is 12.3.